The molecule has 8 heteroatoms. The first-order valence-electron chi connectivity index (χ1n) is 10.3. The van der Waals surface area contributed by atoms with Crippen molar-refractivity contribution >= 4 is 28.2 Å². The Labute approximate surface area is 185 Å². The van der Waals surface area contributed by atoms with Crippen molar-refractivity contribution in [3.05, 3.63) is 71.1 Å². The third-order valence-corrected chi connectivity index (χ3v) is 6.42. The number of pyridine rings is 1. The predicted molar refractivity (Wildman–Crippen MR) is 122 cm³/mol. The van der Waals surface area contributed by atoms with E-state index in [-0.39, 0.29) is 11.7 Å². The van der Waals surface area contributed by atoms with Gasteiger partial charge in [0.05, 0.1) is 11.1 Å². The van der Waals surface area contributed by atoms with Crippen molar-refractivity contribution in [2.75, 3.05) is 36.4 Å². The van der Waals surface area contributed by atoms with E-state index < -0.39 is 5.41 Å². The highest BCUT2D eigenvalue weighted by Crippen LogP contribution is 2.28. The number of anilines is 2. The molecule has 0 aliphatic carbocycles. The Bertz CT molecular complexity index is 1030. The zero-order chi connectivity index (χ0) is 21.8. The number of carbonyl (C=O) groups excluding carboxylic acids is 1. The number of piperazine rings is 1. The molecule has 1 fully saturated rings. The molecule has 1 aromatic carbocycles. The number of thiazole rings is 1. The van der Waals surface area contributed by atoms with Gasteiger partial charge < -0.3 is 10.2 Å². The average molecular weight is 440 g/mol. The summed E-state index contributed by atoms with van der Waals surface area (Å²) < 4.78 is 14.2. The topological polar surface area (TPSA) is 61.4 Å². The van der Waals surface area contributed by atoms with Crippen molar-refractivity contribution in [2.24, 2.45) is 0 Å². The molecule has 1 aliphatic heterocycles. The van der Waals surface area contributed by atoms with Crippen molar-refractivity contribution in [1.29, 1.82) is 0 Å². The molecule has 6 nitrogen and oxygen atoms in total. The molecular weight excluding hydrogens is 413 g/mol. The van der Waals surface area contributed by atoms with Crippen LogP contribution in [0.4, 0.5) is 15.3 Å². The van der Waals surface area contributed by atoms with Gasteiger partial charge in [0.15, 0.2) is 5.13 Å². The minimum Gasteiger partial charge on any atom is -0.354 e. The molecule has 1 saturated heterocycles. The summed E-state index contributed by atoms with van der Waals surface area (Å²) in [5.41, 5.74) is 0.296. The highest BCUT2D eigenvalue weighted by Gasteiger charge is 2.33. The molecule has 2 aromatic heterocycles. The average Bonchev–Trinajstić information content (AvgIpc) is 3.21. The Morgan fingerprint density at radius 2 is 1.87 bits per heavy atom. The van der Waals surface area contributed by atoms with Crippen LogP contribution in [0, 0.1) is 5.82 Å². The van der Waals surface area contributed by atoms with E-state index in [1.54, 1.807) is 32.0 Å². The Balaban J connectivity index is 1.33. The van der Waals surface area contributed by atoms with Crippen LogP contribution in [0.3, 0.4) is 0 Å². The second-order valence-corrected chi connectivity index (χ2v) is 9.01. The second kappa shape index (κ2) is 9.11. The Hall–Kier alpha value is -2.84. The number of aromatic nitrogens is 2. The summed E-state index contributed by atoms with van der Waals surface area (Å²) in [6.07, 6.45) is 1.82. The lowest BCUT2D eigenvalue weighted by Crippen LogP contribution is -2.46. The van der Waals surface area contributed by atoms with Gasteiger partial charge in [0.1, 0.15) is 11.6 Å². The number of amides is 1. The summed E-state index contributed by atoms with van der Waals surface area (Å²) in [7, 11) is 0. The summed E-state index contributed by atoms with van der Waals surface area (Å²) in [6.45, 7) is 7.86. The van der Waals surface area contributed by atoms with Crippen molar-refractivity contribution in [3.63, 3.8) is 0 Å². The van der Waals surface area contributed by atoms with Crippen LogP contribution in [0.25, 0.3) is 0 Å². The molecule has 162 valence electrons. The SMILES string of the molecule is CC(C)(C(=O)Nc1nc(CN2CCN(c3ccccn3)CC2)cs1)c1ccccc1F. The number of rotatable bonds is 6. The van der Waals surface area contributed by atoms with E-state index in [0.717, 1.165) is 44.2 Å². The molecule has 0 atom stereocenters. The zero-order valence-electron chi connectivity index (χ0n) is 17.7. The summed E-state index contributed by atoms with van der Waals surface area (Å²) >= 11 is 1.40. The van der Waals surface area contributed by atoms with Gasteiger partial charge in [-0.3, -0.25) is 9.69 Å². The van der Waals surface area contributed by atoms with Crippen LogP contribution in [-0.4, -0.2) is 47.0 Å². The number of hydrogen-bond donors (Lipinski definition) is 1. The number of halogens is 1. The largest absolute Gasteiger partial charge is 0.354 e. The Kier molecular flexibility index (Phi) is 6.29. The highest BCUT2D eigenvalue weighted by molar-refractivity contribution is 7.13. The minimum absolute atomic E-state index is 0.275. The molecule has 0 spiro atoms. The van der Waals surface area contributed by atoms with Crippen molar-refractivity contribution < 1.29 is 9.18 Å². The molecule has 1 amide bonds. The molecule has 0 bridgehead atoms. The van der Waals surface area contributed by atoms with E-state index in [4.69, 9.17) is 0 Å². The number of nitrogens with one attached hydrogen (secondary N) is 1. The maximum Gasteiger partial charge on any atom is 0.236 e. The van der Waals surface area contributed by atoms with Crippen LogP contribution in [0.5, 0.6) is 0 Å². The van der Waals surface area contributed by atoms with Gasteiger partial charge in [0, 0.05) is 49.9 Å². The quantitative estimate of drug-likeness (QED) is 0.631. The fraction of sp³-hybridized carbons (Fsp3) is 0.348. The van der Waals surface area contributed by atoms with E-state index in [1.165, 1.54) is 17.4 Å². The van der Waals surface area contributed by atoms with Crippen LogP contribution >= 0.6 is 11.3 Å². The molecule has 3 heterocycles. The van der Waals surface area contributed by atoms with Gasteiger partial charge in [-0.25, -0.2) is 14.4 Å². The van der Waals surface area contributed by atoms with Crippen molar-refractivity contribution in [2.45, 2.75) is 25.8 Å². The molecule has 1 aliphatic rings. The van der Waals surface area contributed by atoms with Gasteiger partial charge in [0.25, 0.3) is 0 Å². The van der Waals surface area contributed by atoms with E-state index in [1.807, 2.05) is 29.8 Å². The molecule has 31 heavy (non-hydrogen) atoms. The van der Waals surface area contributed by atoms with Crippen LogP contribution in [0.15, 0.2) is 54.0 Å². The highest BCUT2D eigenvalue weighted by atomic mass is 32.1. The predicted octanol–water partition coefficient (Wildman–Crippen LogP) is 3.92. The summed E-state index contributed by atoms with van der Waals surface area (Å²) in [6, 6.07) is 12.3. The van der Waals surface area contributed by atoms with Gasteiger partial charge in [-0.15, -0.1) is 11.3 Å². The Morgan fingerprint density at radius 1 is 1.13 bits per heavy atom. The lowest BCUT2D eigenvalue weighted by molar-refractivity contribution is -0.120. The summed E-state index contributed by atoms with van der Waals surface area (Å²) in [5, 5.41) is 5.37. The van der Waals surface area contributed by atoms with E-state index in [0.29, 0.717) is 10.7 Å². The third kappa shape index (κ3) is 4.91. The van der Waals surface area contributed by atoms with Crippen LogP contribution in [0.2, 0.25) is 0 Å². The maximum absolute atomic E-state index is 14.2. The molecule has 1 N–H and O–H groups in total. The number of hydrogen-bond acceptors (Lipinski definition) is 6. The summed E-state index contributed by atoms with van der Waals surface area (Å²) in [4.78, 5) is 26.5. The fourth-order valence-corrected chi connectivity index (χ4v) is 4.38. The fourth-order valence-electron chi connectivity index (χ4n) is 3.69. The standard InChI is InChI=1S/C23H26FN5OS/c1-23(2,18-7-3-4-8-19(18)24)21(30)27-22-26-17(16-31-22)15-28-11-13-29(14-12-28)20-9-5-6-10-25-20/h3-10,16H,11-15H2,1-2H3,(H,26,27,30). The lowest BCUT2D eigenvalue weighted by Gasteiger charge is -2.35. The number of nitrogens with zero attached hydrogens (tertiary/aromatic N) is 4. The van der Waals surface area contributed by atoms with E-state index >= 15 is 0 Å². The second-order valence-electron chi connectivity index (χ2n) is 8.15. The first-order valence-corrected chi connectivity index (χ1v) is 11.2. The first-order chi connectivity index (χ1) is 14.9. The lowest BCUT2D eigenvalue weighted by atomic mass is 9.83. The molecule has 0 radical (unpaired) electrons. The smallest absolute Gasteiger partial charge is 0.236 e. The van der Waals surface area contributed by atoms with Gasteiger partial charge in [-0.1, -0.05) is 24.3 Å². The summed E-state index contributed by atoms with van der Waals surface area (Å²) in [5.74, 6) is 0.355. The number of benzene rings is 1. The van der Waals surface area contributed by atoms with Crippen molar-refractivity contribution in [1.82, 2.24) is 14.9 Å². The monoisotopic (exact) mass is 439 g/mol. The van der Waals surface area contributed by atoms with Crippen LogP contribution in [0.1, 0.15) is 25.1 Å². The van der Waals surface area contributed by atoms with E-state index in [2.05, 4.69) is 25.1 Å². The number of carbonyl (C=O) groups is 1. The first kappa shape index (κ1) is 21.4. The maximum atomic E-state index is 14.2. The van der Waals surface area contributed by atoms with Gasteiger partial charge in [-0.05, 0) is 32.0 Å². The Morgan fingerprint density at radius 3 is 2.58 bits per heavy atom. The normalized spacial score (nSPS) is 15.1. The molecule has 4 rings (SSSR count). The van der Waals surface area contributed by atoms with Gasteiger partial charge >= 0.3 is 0 Å². The van der Waals surface area contributed by atoms with Crippen LogP contribution < -0.4 is 10.2 Å². The molecule has 0 unspecified atom stereocenters. The third-order valence-electron chi connectivity index (χ3n) is 5.62. The van der Waals surface area contributed by atoms with E-state index in [9.17, 15) is 9.18 Å². The van der Waals surface area contributed by atoms with Crippen molar-refractivity contribution in [3.8, 4) is 0 Å². The minimum atomic E-state index is -1.00. The zero-order valence-corrected chi connectivity index (χ0v) is 18.5. The molecular formula is C23H26FN5OS. The van der Waals surface area contributed by atoms with Gasteiger partial charge in [0.2, 0.25) is 5.91 Å². The molecule has 3 aromatic rings. The van der Waals surface area contributed by atoms with Crippen LogP contribution in [-0.2, 0) is 16.8 Å². The molecule has 0 saturated carbocycles. The van der Waals surface area contributed by atoms with Gasteiger partial charge in [-0.2, -0.15) is 0 Å².